The molecule has 0 atom stereocenters. The third-order valence-corrected chi connectivity index (χ3v) is 4.80. The molecule has 0 saturated carbocycles. The van der Waals surface area contributed by atoms with E-state index in [0.717, 1.165) is 25.9 Å². The number of piperidine rings is 1. The van der Waals surface area contributed by atoms with Crippen LogP contribution in [0.4, 0.5) is 5.69 Å². The van der Waals surface area contributed by atoms with Gasteiger partial charge in [0.15, 0.2) is 0 Å². The molecule has 1 aliphatic heterocycles. The Morgan fingerprint density at radius 3 is 2.54 bits per heavy atom. The number of benzene rings is 1. The van der Waals surface area contributed by atoms with Crippen LogP contribution in [-0.2, 0) is 6.54 Å². The van der Waals surface area contributed by atoms with Gasteiger partial charge in [-0.05, 0) is 61.5 Å². The molecule has 1 aromatic rings. The third-order valence-electron chi connectivity index (χ3n) is 4.80. The molecule has 1 aliphatic rings. The molecule has 0 unspecified atom stereocenters. The maximum atomic E-state index is 12.9. The van der Waals surface area contributed by atoms with E-state index in [1.807, 2.05) is 7.05 Å². The lowest BCUT2D eigenvalue weighted by Crippen LogP contribution is -2.47. The molecule has 2 rings (SSSR count). The molecule has 1 amide bonds. The first-order valence-electron chi connectivity index (χ1n) is 8.67. The van der Waals surface area contributed by atoms with Crippen molar-refractivity contribution in [3.8, 4) is 0 Å². The Hall–Kier alpha value is -2.73. The Morgan fingerprint density at radius 2 is 1.96 bits per heavy atom. The van der Waals surface area contributed by atoms with Gasteiger partial charge in [-0.25, -0.2) is 0 Å². The number of carbonyl (C=O) groups excluding carboxylic acids is 1. The summed E-state index contributed by atoms with van der Waals surface area (Å²) in [4.78, 5) is 22.6. The van der Waals surface area contributed by atoms with Crippen molar-refractivity contribution in [1.82, 2.24) is 9.80 Å². The Bertz CT molecular complexity index is 741. The lowest BCUT2D eigenvalue weighted by molar-refractivity contribution is 0.0615. The second kappa shape index (κ2) is 9.10. The highest BCUT2D eigenvalue weighted by atomic mass is 16.2. The number of azide groups is 2. The van der Waals surface area contributed by atoms with Crippen LogP contribution in [0.1, 0.15) is 42.6 Å². The van der Waals surface area contributed by atoms with Crippen LogP contribution < -0.4 is 0 Å². The Morgan fingerprint density at radius 1 is 1.27 bits per heavy atom. The maximum Gasteiger partial charge on any atom is 0.253 e. The molecule has 0 spiro atoms. The summed E-state index contributed by atoms with van der Waals surface area (Å²) in [7, 11) is 1.81. The van der Waals surface area contributed by atoms with E-state index in [4.69, 9.17) is 11.1 Å². The van der Waals surface area contributed by atoms with Crippen LogP contribution in [0.15, 0.2) is 28.4 Å². The van der Waals surface area contributed by atoms with Crippen LogP contribution in [0.25, 0.3) is 20.9 Å². The molecule has 9 heteroatoms. The van der Waals surface area contributed by atoms with E-state index in [0.29, 0.717) is 22.9 Å². The summed E-state index contributed by atoms with van der Waals surface area (Å²) in [6.45, 7) is 6.41. The summed E-state index contributed by atoms with van der Waals surface area (Å²) in [5.74, 6) is -0.120. The number of rotatable bonds is 6. The summed E-state index contributed by atoms with van der Waals surface area (Å²) < 4.78 is 0. The average molecular weight is 356 g/mol. The van der Waals surface area contributed by atoms with Gasteiger partial charge < -0.3 is 9.80 Å². The predicted molar refractivity (Wildman–Crippen MR) is 99.9 cm³/mol. The normalized spacial score (nSPS) is 15.2. The molecule has 1 saturated heterocycles. The molecule has 0 aliphatic carbocycles. The van der Waals surface area contributed by atoms with Crippen LogP contribution in [0, 0.1) is 0 Å². The summed E-state index contributed by atoms with van der Waals surface area (Å²) in [5, 5.41) is 7.11. The van der Waals surface area contributed by atoms with Crippen molar-refractivity contribution < 1.29 is 4.79 Å². The largest absolute Gasteiger partial charge is 0.339 e. The molecule has 1 aromatic carbocycles. The number of amides is 1. The van der Waals surface area contributed by atoms with Crippen molar-refractivity contribution >= 4 is 11.6 Å². The standard InChI is InChI=1S/C17H24N8O/c1-12(2)25-6-4-16(5-7-25)24(3)17(26)14-8-13(11-20-22-18)9-15(10-14)21-23-19/h8-10,12,16H,4-7,11H2,1-3H3. The Balaban J connectivity index is 2.18. The molecular formula is C17H24N8O. The SMILES string of the molecule is CC(C)N1CCC(N(C)C(=O)c2cc(CN=[N+]=[N-])cc(N=[N+]=[N-])c2)CC1. The minimum absolute atomic E-state index is 0.0993. The number of likely N-dealkylation sites (tertiary alicyclic amines) is 1. The second-order valence-corrected chi connectivity index (χ2v) is 6.74. The zero-order chi connectivity index (χ0) is 19.1. The van der Waals surface area contributed by atoms with E-state index >= 15 is 0 Å². The zero-order valence-corrected chi connectivity index (χ0v) is 15.4. The average Bonchev–Trinajstić information content (AvgIpc) is 2.65. The molecule has 138 valence electrons. The Labute approximate surface area is 152 Å². The minimum Gasteiger partial charge on any atom is -0.339 e. The van der Waals surface area contributed by atoms with Gasteiger partial charge in [-0.1, -0.05) is 10.2 Å². The van der Waals surface area contributed by atoms with E-state index in [2.05, 4.69) is 38.8 Å². The Kier molecular flexibility index (Phi) is 6.86. The van der Waals surface area contributed by atoms with E-state index in [-0.39, 0.29) is 18.5 Å². The van der Waals surface area contributed by atoms with Crippen LogP contribution in [0.5, 0.6) is 0 Å². The molecule has 9 nitrogen and oxygen atoms in total. The van der Waals surface area contributed by atoms with Gasteiger partial charge in [0.25, 0.3) is 5.91 Å². The van der Waals surface area contributed by atoms with Crippen molar-refractivity contribution in [2.24, 2.45) is 10.2 Å². The van der Waals surface area contributed by atoms with Gasteiger partial charge in [-0.15, -0.1) is 0 Å². The lowest BCUT2D eigenvalue weighted by atomic mass is 10.0. The fraction of sp³-hybridized carbons (Fsp3) is 0.588. The van der Waals surface area contributed by atoms with Crippen molar-refractivity contribution in [1.29, 1.82) is 0 Å². The quantitative estimate of drug-likeness (QED) is 0.426. The van der Waals surface area contributed by atoms with Gasteiger partial charge in [0.2, 0.25) is 0 Å². The van der Waals surface area contributed by atoms with E-state index < -0.39 is 0 Å². The lowest BCUT2D eigenvalue weighted by Gasteiger charge is -2.38. The van der Waals surface area contributed by atoms with Crippen LogP contribution in [-0.4, -0.2) is 47.9 Å². The highest BCUT2D eigenvalue weighted by Crippen LogP contribution is 2.23. The second-order valence-electron chi connectivity index (χ2n) is 6.74. The van der Waals surface area contributed by atoms with E-state index in [1.165, 1.54) is 0 Å². The molecule has 0 bridgehead atoms. The first kappa shape index (κ1) is 19.6. The molecule has 1 heterocycles. The molecule has 0 radical (unpaired) electrons. The molecule has 0 N–H and O–H groups in total. The minimum atomic E-state index is -0.120. The number of nitrogens with zero attached hydrogens (tertiary/aromatic N) is 8. The predicted octanol–water partition coefficient (Wildman–Crippen LogP) is 4.38. The first-order valence-corrected chi connectivity index (χ1v) is 8.67. The third kappa shape index (κ3) is 4.89. The van der Waals surface area contributed by atoms with Crippen molar-refractivity contribution in [2.75, 3.05) is 20.1 Å². The maximum absolute atomic E-state index is 12.9. The highest BCUT2D eigenvalue weighted by Gasteiger charge is 2.27. The molecule has 0 aromatic heterocycles. The monoisotopic (exact) mass is 356 g/mol. The van der Waals surface area contributed by atoms with Crippen molar-refractivity contribution in [3.63, 3.8) is 0 Å². The summed E-state index contributed by atoms with van der Waals surface area (Å²) in [5.41, 5.74) is 18.6. The number of hydrogen-bond donors (Lipinski definition) is 0. The molecule has 1 fully saturated rings. The number of carbonyl (C=O) groups is 1. The van der Waals surface area contributed by atoms with Gasteiger partial charge >= 0.3 is 0 Å². The van der Waals surface area contributed by atoms with Crippen LogP contribution >= 0.6 is 0 Å². The fourth-order valence-corrected chi connectivity index (χ4v) is 3.27. The van der Waals surface area contributed by atoms with Crippen molar-refractivity contribution in [2.45, 2.75) is 45.3 Å². The van der Waals surface area contributed by atoms with Gasteiger partial charge in [-0.2, -0.15) is 0 Å². The topological polar surface area (TPSA) is 121 Å². The zero-order valence-electron chi connectivity index (χ0n) is 15.4. The first-order chi connectivity index (χ1) is 12.5. The van der Waals surface area contributed by atoms with E-state index in [9.17, 15) is 4.79 Å². The van der Waals surface area contributed by atoms with Crippen LogP contribution in [0.3, 0.4) is 0 Å². The van der Waals surface area contributed by atoms with Gasteiger partial charge in [0.1, 0.15) is 0 Å². The molecule has 26 heavy (non-hydrogen) atoms. The summed E-state index contributed by atoms with van der Waals surface area (Å²) in [6, 6.07) is 5.57. The van der Waals surface area contributed by atoms with Crippen LogP contribution in [0.2, 0.25) is 0 Å². The van der Waals surface area contributed by atoms with E-state index in [1.54, 1.807) is 23.1 Å². The fourth-order valence-electron chi connectivity index (χ4n) is 3.27. The summed E-state index contributed by atoms with van der Waals surface area (Å²) in [6.07, 6.45) is 1.87. The van der Waals surface area contributed by atoms with Gasteiger partial charge in [0.05, 0.1) is 6.54 Å². The van der Waals surface area contributed by atoms with Crippen molar-refractivity contribution in [3.05, 3.63) is 50.2 Å². The number of hydrogen-bond acceptors (Lipinski definition) is 4. The molecular weight excluding hydrogens is 332 g/mol. The summed E-state index contributed by atoms with van der Waals surface area (Å²) >= 11 is 0. The van der Waals surface area contributed by atoms with Gasteiger partial charge in [0, 0.05) is 53.3 Å². The van der Waals surface area contributed by atoms with Gasteiger partial charge in [-0.3, -0.25) is 4.79 Å². The highest BCUT2D eigenvalue weighted by molar-refractivity contribution is 5.95. The smallest absolute Gasteiger partial charge is 0.253 e.